The molecule has 1 saturated heterocycles. The van der Waals surface area contributed by atoms with E-state index in [2.05, 4.69) is 29.6 Å². The normalized spacial score (nSPS) is 22.4. The van der Waals surface area contributed by atoms with Crippen LogP contribution in [0.25, 0.3) is 11.1 Å². The number of ether oxygens (including phenoxy) is 1. The third-order valence-electron chi connectivity index (χ3n) is 7.25. The third-order valence-corrected chi connectivity index (χ3v) is 8.19. The largest absolute Gasteiger partial charge is 0.479 e. The predicted octanol–water partition coefficient (Wildman–Crippen LogP) is 3.72. The maximum absolute atomic E-state index is 12.6. The van der Waals surface area contributed by atoms with Gasteiger partial charge in [0.2, 0.25) is 5.91 Å². The second-order valence-corrected chi connectivity index (χ2v) is 10.2. The maximum atomic E-state index is 12.6. The molecule has 0 radical (unpaired) electrons. The van der Waals surface area contributed by atoms with E-state index in [1.165, 1.54) is 34.0 Å². The summed E-state index contributed by atoms with van der Waals surface area (Å²) in [6.45, 7) is 1.15. The van der Waals surface area contributed by atoms with Crippen molar-refractivity contribution in [3.63, 3.8) is 0 Å². The number of nitrogens with one attached hydrogen (secondary N) is 1. The zero-order chi connectivity index (χ0) is 23.7. The Balaban J connectivity index is 1.05. The molecule has 0 spiro atoms. The molecule has 1 aliphatic heterocycles. The summed E-state index contributed by atoms with van der Waals surface area (Å²) < 4.78 is 5.52. The fourth-order valence-electron chi connectivity index (χ4n) is 5.52. The van der Waals surface area contributed by atoms with Crippen molar-refractivity contribution in [3.05, 3.63) is 59.7 Å². The van der Waals surface area contributed by atoms with Crippen LogP contribution in [0.3, 0.4) is 0 Å². The number of aliphatic carboxylic acids is 1. The van der Waals surface area contributed by atoms with Gasteiger partial charge in [-0.05, 0) is 47.4 Å². The minimum Gasteiger partial charge on any atom is -0.479 e. The van der Waals surface area contributed by atoms with Crippen LogP contribution in [0.5, 0.6) is 0 Å². The van der Waals surface area contributed by atoms with Crippen LogP contribution < -0.4 is 5.32 Å². The maximum Gasteiger partial charge on any atom is 0.407 e. The lowest BCUT2D eigenvalue weighted by molar-refractivity contribution is -0.153. The molecule has 2 fully saturated rings. The number of rotatable bonds is 8. The first-order valence-electron chi connectivity index (χ1n) is 11.7. The minimum absolute atomic E-state index is 0.0162. The topological polar surface area (TPSA) is 95.9 Å². The molecule has 2 aromatic rings. The monoisotopic (exact) mass is 480 g/mol. The molecule has 7 nitrogen and oxygen atoms in total. The van der Waals surface area contributed by atoms with Gasteiger partial charge in [-0.15, -0.1) is 0 Å². The lowest BCUT2D eigenvalue weighted by Crippen LogP contribution is -2.51. The standard InChI is InChI=1S/C26H28N2O5S/c29-23(28-12-5-6-17-14-26(17,28)24(30)31)16-34-13-11-27-25(32)33-15-22-20-9-3-1-7-18(20)19-8-2-4-10-21(19)22/h1-4,7-10,17,22H,5-6,11-16H2,(H,27,32)(H,30,31)/t17-,26+/m1/s1. The number of carboxylic acid groups (broad SMARTS) is 1. The summed E-state index contributed by atoms with van der Waals surface area (Å²) in [5.74, 6) is -0.130. The van der Waals surface area contributed by atoms with Gasteiger partial charge in [-0.2, -0.15) is 11.8 Å². The van der Waals surface area contributed by atoms with Crippen molar-refractivity contribution >= 4 is 29.7 Å². The Morgan fingerprint density at radius 1 is 1.09 bits per heavy atom. The van der Waals surface area contributed by atoms with Gasteiger partial charge in [-0.3, -0.25) is 4.79 Å². The Kier molecular flexibility index (Phi) is 6.25. The highest BCUT2D eigenvalue weighted by molar-refractivity contribution is 7.99. The van der Waals surface area contributed by atoms with Gasteiger partial charge >= 0.3 is 12.1 Å². The highest BCUT2D eigenvalue weighted by Gasteiger charge is 2.66. The predicted molar refractivity (Wildman–Crippen MR) is 130 cm³/mol. The molecule has 0 unspecified atom stereocenters. The van der Waals surface area contributed by atoms with E-state index in [0.29, 0.717) is 25.3 Å². The Morgan fingerprint density at radius 2 is 1.76 bits per heavy atom. The van der Waals surface area contributed by atoms with Crippen LogP contribution in [0, 0.1) is 5.92 Å². The number of nitrogens with zero attached hydrogens (tertiary/aromatic N) is 1. The van der Waals surface area contributed by atoms with E-state index >= 15 is 0 Å². The molecule has 1 heterocycles. The average Bonchev–Trinajstić information content (AvgIpc) is 3.53. The number of alkyl carbamates (subject to hydrolysis) is 1. The summed E-state index contributed by atoms with van der Waals surface area (Å²) in [6, 6.07) is 16.4. The first kappa shape index (κ1) is 22.8. The van der Waals surface area contributed by atoms with Gasteiger partial charge in [0.05, 0.1) is 5.75 Å². The summed E-state index contributed by atoms with van der Waals surface area (Å²) in [4.78, 5) is 38.2. The minimum atomic E-state index is -0.963. The Bertz CT molecular complexity index is 1080. The molecule has 3 aliphatic rings. The Morgan fingerprint density at radius 3 is 2.44 bits per heavy atom. The SMILES string of the molecule is O=C(NCCSCC(=O)N1CCC[C@@H]2C[C@@]21C(=O)O)OCC1c2ccccc2-c2ccccc21. The first-order valence-corrected chi connectivity index (χ1v) is 12.9. The van der Waals surface area contributed by atoms with Crippen LogP contribution in [0.1, 0.15) is 36.3 Å². The molecule has 2 N–H and O–H groups in total. The highest BCUT2D eigenvalue weighted by atomic mass is 32.2. The van der Waals surface area contributed by atoms with E-state index in [1.54, 1.807) is 4.90 Å². The van der Waals surface area contributed by atoms with E-state index in [1.807, 2.05) is 24.3 Å². The van der Waals surface area contributed by atoms with Gasteiger partial charge in [-0.25, -0.2) is 9.59 Å². The summed E-state index contributed by atoms with van der Waals surface area (Å²) in [6.07, 6.45) is 1.84. The molecule has 1 saturated carbocycles. The zero-order valence-corrected chi connectivity index (χ0v) is 19.7. The third kappa shape index (κ3) is 4.04. The van der Waals surface area contributed by atoms with Crippen molar-refractivity contribution in [1.82, 2.24) is 10.2 Å². The van der Waals surface area contributed by atoms with Gasteiger partial charge in [0.25, 0.3) is 0 Å². The number of fused-ring (bicyclic) bond motifs is 4. The fourth-order valence-corrected chi connectivity index (χ4v) is 6.24. The summed E-state index contributed by atoms with van der Waals surface area (Å²) in [5.41, 5.74) is 3.74. The van der Waals surface area contributed by atoms with Gasteiger partial charge in [0.1, 0.15) is 12.1 Å². The molecule has 2 atom stereocenters. The highest BCUT2D eigenvalue weighted by Crippen LogP contribution is 2.54. The number of carbonyl (C=O) groups excluding carboxylic acids is 2. The first-order chi connectivity index (χ1) is 16.5. The zero-order valence-electron chi connectivity index (χ0n) is 18.9. The number of hydrogen-bond acceptors (Lipinski definition) is 5. The van der Waals surface area contributed by atoms with Crippen LogP contribution in [0.15, 0.2) is 48.5 Å². The van der Waals surface area contributed by atoms with E-state index in [9.17, 15) is 19.5 Å². The van der Waals surface area contributed by atoms with E-state index < -0.39 is 17.6 Å². The second-order valence-electron chi connectivity index (χ2n) is 9.12. The molecule has 2 amide bonds. The average molecular weight is 481 g/mol. The van der Waals surface area contributed by atoms with Crippen molar-refractivity contribution in [2.24, 2.45) is 5.92 Å². The van der Waals surface area contributed by atoms with Crippen molar-refractivity contribution in [2.75, 3.05) is 31.2 Å². The second kappa shape index (κ2) is 9.33. The lowest BCUT2D eigenvalue weighted by atomic mass is 9.98. The molecule has 2 aromatic carbocycles. The molecule has 5 rings (SSSR count). The smallest absolute Gasteiger partial charge is 0.407 e. The lowest BCUT2D eigenvalue weighted by Gasteiger charge is -2.33. The summed E-state index contributed by atoms with van der Waals surface area (Å²) in [5, 5.41) is 12.4. The number of hydrogen-bond donors (Lipinski definition) is 2. The molecular formula is C26H28N2O5S. The van der Waals surface area contributed by atoms with Crippen LogP contribution in [0.2, 0.25) is 0 Å². The number of benzene rings is 2. The van der Waals surface area contributed by atoms with Crippen LogP contribution in [0.4, 0.5) is 4.79 Å². The number of amides is 2. The Hall–Kier alpha value is -3.00. The van der Waals surface area contributed by atoms with E-state index in [-0.39, 0.29) is 30.1 Å². The quantitative estimate of drug-likeness (QED) is 0.559. The number of thioether (sulfide) groups is 1. The number of carbonyl (C=O) groups is 3. The van der Waals surface area contributed by atoms with Crippen molar-refractivity contribution in [3.8, 4) is 11.1 Å². The molecule has 178 valence electrons. The van der Waals surface area contributed by atoms with Gasteiger partial charge < -0.3 is 20.1 Å². The molecule has 8 heteroatoms. The molecule has 2 aliphatic carbocycles. The van der Waals surface area contributed by atoms with Crippen molar-refractivity contribution in [1.29, 1.82) is 0 Å². The summed E-state index contributed by atoms with van der Waals surface area (Å²) in [7, 11) is 0. The number of piperidine rings is 1. The van der Waals surface area contributed by atoms with E-state index in [0.717, 1.165) is 12.8 Å². The number of carboxylic acids is 1. The van der Waals surface area contributed by atoms with Gasteiger partial charge in [-0.1, -0.05) is 48.5 Å². The fraction of sp³-hybridized carbons (Fsp3) is 0.423. The van der Waals surface area contributed by atoms with Crippen LogP contribution in [-0.2, 0) is 14.3 Å². The Labute approximate surface area is 202 Å². The molecule has 0 aromatic heterocycles. The van der Waals surface area contributed by atoms with E-state index in [4.69, 9.17) is 4.74 Å². The van der Waals surface area contributed by atoms with Gasteiger partial charge in [0, 0.05) is 24.8 Å². The molecule has 0 bridgehead atoms. The van der Waals surface area contributed by atoms with Gasteiger partial charge in [0.15, 0.2) is 0 Å². The molecular weight excluding hydrogens is 452 g/mol. The van der Waals surface area contributed by atoms with Crippen LogP contribution in [-0.4, -0.2) is 64.7 Å². The van der Waals surface area contributed by atoms with Crippen LogP contribution >= 0.6 is 11.8 Å². The van der Waals surface area contributed by atoms with Crippen molar-refractivity contribution < 1.29 is 24.2 Å². The number of likely N-dealkylation sites (tertiary alicyclic amines) is 1. The van der Waals surface area contributed by atoms with Crippen molar-refractivity contribution in [2.45, 2.75) is 30.7 Å². The summed E-state index contributed by atoms with van der Waals surface area (Å²) >= 11 is 1.40. The molecule has 34 heavy (non-hydrogen) atoms.